The van der Waals surface area contributed by atoms with Gasteiger partial charge in [0, 0.05) is 39.2 Å². The van der Waals surface area contributed by atoms with Crippen LogP contribution >= 0.6 is 0 Å². The first kappa shape index (κ1) is 32.3. The molecule has 6 nitrogen and oxygen atoms in total. The lowest BCUT2D eigenvalue weighted by molar-refractivity contribution is 0.668. The highest BCUT2D eigenvalue weighted by molar-refractivity contribution is 6.10. The van der Waals surface area contributed by atoms with Gasteiger partial charge in [-0.1, -0.05) is 133 Å². The molecule has 12 rings (SSSR count). The largest absolute Gasteiger partial charge is 0.456 e. The maximum absolute atomic E-state index is 6.52. The molecule has 270 valence electrons. The van der Waals surface area contributed by atoms with Gasteiger partial charge in [-0.25, -0.2) is 15.0 Å². The van der Waals surface area contributed by atoms with Crippen molar-refractivity contribution in [1.82, 2.24) is 19.9 Å². The van der Waals surface area contributed by atoms with E-state index in [1.807, 2.05) is 60.8 Å². The maximum Gasteiger partial charge on any atom is 0.164 e. The van der Waals surface area contributed by atoms with Crippen LogP contribution in [0, 0.1) is 0 Å². The fourth-order valence-corrected chi connectivity index (χ4v) is 8.21. The Morgan fingerprint density at radius 3 is 1.64 bits per heavy atom. The Bertz CT molecular complexity index is 3580. The Morgan fingerprint density at radius 1 is 0.328 bits per heavy atom. The minimum absolute atomic E-state index is 0.529. The molecule has 0 aliphatic carbocycles. The minimum atomic E-state index is 0.529. The Labute approximate surface area is 331 Å². The van der Waals surface area contributed by atoms with Gasteiger partial charge in [0.15, 0.2) is 23.1 Å². The van der Waals surface area contributed by atoms with Crippen molar-refractivity contribution in [2.75, 3.05) is 0 Å². The SMILES string of the molecule is c1ccc2cc(-c3ccc(-c4cnc5c(c4)oc4cccc(-c6nc(-c7ccc8ccccc8c7)nc(-c7ccc8c(c7)oc7ccccc78)n6)c45)cc3)ccc2c1. The number of pyridine rings is 1. The zero-order valence-electron chi connectivity index (χ0n) is 30.9. The molecular formula is C52H30N4O2. The highest BCUT2D eigenvalue weighted by Gasteiger charge is 2.20. The number of para-hydroxylation sites is 1. The minimum Gasteiger partial charge on any atom is -0.456 e. The molecule has 0 bridgehead atoms. The van der Waals surface area contributed by atoms with Crippen molar-refractivity contribution in [1.29, 1.82) is 0 Å². The number of hydrogen-bond acceptors (Lipinski definition) is 6. The van der Waals surface area contributed by atoms with Crippen LogP contribution in [0.3, 0.4) is 0 Å². The van der Waals surface area contributed by atoms with E-state index in [9.17, 15) is 0 Å². The molecule has 0 saturated heterocycles. The number of aromatic nitrogens is 4. The van der Waals surface area contributed by atoms with Crippen molar-refractivity contribution >= 4 is 65.6 Å². The predicted molar refractivity (Wildman–Crippen MR) is 234 cm³/mol. The van der Waals surface area contributed by atoms with Gasteiger partial charge in [-0.3, -0.25) is 4.98 Å². The average Bonchev–Trinajstić information content (AvgIpc) is 3.86. The van der Waals surface area contributed by atoms with E-state index in [1.54, 1.807) is 0 Å². The molecule has 0 N–H and O–H groups in total. The standard InChI is InChI=1S/C52H30N4O2/c1-3-10-35-26-37(22-20-31(35)8-1)33-16-18-34(19-17-33)40-29-47-49(53-30-40)48-43(13-7-15-45(48)58-47)52-55-50(38-23-21-32-9-2-4-11-36(32)27-38)54-51(56-52)39-24-25-42-41-12-5-6-14-44(41)57-46(42)28-39/h1-30H. The van der Waals surface area contributed by atoms with Gasteiger partial charge in [-0.05, 0) is 80.7 Å². The van der Waals surface area contributed by atoms with Crippen LogP contribution in [0.15, 0.2) is 191 Å². The van der Waals surface area contributed by atoms with Crippen molar-refractivity contribution < 1.29 is 8.83 Å². The second-order valence-corrected chi connectivity index (χ2v) is 14.7. The van der Waals surface area contributed by atoms with E-state index < -0.39 is 0 Å². The van der Waals surface area contributed by atoms with Gasteiger partial charge in [-0.2, -0.15) is 0 Å². The second-order valence-electron chi connectivity index (χ2n) is 14.7. The molecular weight excluding hydrogens is 713 g/mol. The van der Waals surface area contributed by atoms with Gasteiger partial charge in [0.05, 0.1) is 5.39 Å². The summed E-state index contributed by atoms with van der Waals surface area (Å²) < 4.78 is 12.8. The van der Waals surface area contributed by atoms with Gasteiger partial charge in [-0.15, -0.1) is 0 Å². The van der Waals surface area contributed by atoms with Crippen LogP contribution in [0.1, 0.15) is 0 Å². The van der Waals surface area contributed by atoms with Crippen molar-refractivity contribution in [2.24, 2.45) is 0 Å². The van der Waals surface area contributed by atoms with Gasteiger partial charge >= 0.3 is 0 Å². The molecule has 4 heterocycles. The topological polar surface area (TPSA) is 77.8 Å². The smallest absolute Gasteiger partial charge is 0.164 e. The van der Waals surface area contributed by atoms with Crippen molar-refractivity contribution in [2.45, 2.75) is 0 Å². The van der Waals surface area contributed by atoms with Crippen LogP contribution in [0.5, 0.6) is 0 Å². The Balaban J connectivity index is 0.975. The first-order valence-corrected chi connectivity index (χ1v) is 19.3. The third kappa shape index (κ3) is 5.34. The molecule has 0 amide bonds. The summed E-state index contributed by atoms with van der Waals surface area (Å²) in [5.74, 6) is 1.65. The van der Waals surface area contributed by atoms with Crippen LogP contribution in [0.4, 0.5) is 0 Å². The monoisotopic (exact) mass is 742 g/mol. The lowest BCUT2D eigenvalue weighted by Crippen LogP contribution is -2.00. The third-order valence-electron chi connectivity index (χ3n) is 11.2. The van der Waals surface area contributed by atoms with Crippen LogP contribution in [0.2, 0.25) is 0 Å². The maximum atomic E-state index is 6.52. The van der Waals surface area contributed by atoms with Crippen LogP contribution < -0.4 is 0 Å². The fraction of sp³-hybridized carbons (Fsp3) is 0. The molecule has 4 aromatic heterocycles. The Kier molecular flexibility index (Phi) is 7.13. The molecule has 0 aliphatic heterocycles. The average molecular weight is 743 g/mol. The second kappa shape index (κ2) is 12.8. The van der Waals surface area contributed by atoms with E-state index >= 15 is 0 Å². The highest BCUT2D eigenvalue weighted by Crippen LogP contribution is 2.38. The van der Waals surface area contributed by atoms with E-state index in [2.05, 4.69) is 121 Å². The first-order valence-electron chi connectivity index (χ1n) is 19.3. The Hall–Kier alpha value is -7.96. The van der Waals surface area contributed by atoms with Gasteiger partial charge < -0.3 is 8.83 Å². The molecule has 58 heavy (non-hydrogen) atoms. The molecule has 6 heteroatoms. The number of benzene rings is 8. The summed E-state index contributed by atoms with van der Waals surface area (Å²) in [4.78, 5) is 20.4. The number of fused-ring (bicyclic) bond motifs is 8. The van der Waals surface area contributed by atoms with Gasteiger partial charge in [0.1, 0.15) is 22.3 Å². The molecule has 0 spiro atoms. The van der Waals surface area contributed by atoms with Crippen LogP contribution in [0.25, 0.3) is 122 Å². The first-order chi connectivity index (χ1) is 28.7. The van der Waals surface area contributed by atoms with Crippen LogP contribution in [-0.2, 0) is 0 Å². The molecule has 0 unspecified atom stereocenters. The van der Waals surface area contributed by atoms with Crippen LogP contribution in [-0.4, -0.2) is 19.9 Å². The number of hydrogen-bond donors (Lipinski definition) is 0. The van der Waals surface area contributed by atoms with Crippen molar-refractivity contribution in [3.8, 4) is 56.4 Å². The van der Waals surface area contributed by atoms with E-state index in [0.717, 1.165) is 77.0 Å². The summed E-state index contributed by atoms with van der Waals surface area (Å²) in [5, 5.41) is 7.69. The molecule has 0 radical (unpaired) electrons. The van der Waals surface area contributed by atoms with E-state index in [-0.39, 0.29) is 0 Å². The zero-order chi connectivity index (χ0) is 38.2. The lowest BCUT2D eigenvalue weighted by atomic mass is 9.99. The van der Waals surface area contributed by atoms with Crippen molar-refractivity contribution in [3.05, 3.63) is 182 Å². The number of furan rings is 2. The normalized spacial score (nSPS) is 11.8. The fourth-order valence-electron chi connectivity index (χ4n) is 8.21. The molecule has 8 aromatic carbocycles. The molecule has 0 atom stereocenters. The predicted octanol–water partition coefficient (Wildman–Crippen LogP) is 13.7. The summed E-state index contributed by atoms with van der Waals surface area (Å²) >= 11 is 0. The Morgan fingerprint density at radius 2 is 0.862 bits per heavy atom. The quantitative estimate of drug-likeness (QED) is 0.175. The highest BCUT2D eigenvalue weighted by atomic mass is 16.3. The van der Waals surface area contributed by atoms with E-state index in [0.29, 0.717) is 28.6 Å². The number of rotatable bonds is 5. The zero-order valence-corrected chi connectivity index (χ0v) is 30.9. The lowest BCUT2D eigenvalue weighted by Gasteiger charge is -2.10. The molecule has 0 fully saturated rings. The third-order valence-corrected chi connectivity index (χ3v) is 11.2. The van der Waals surface area contributed by atoms with E-state index in [1.165, 1.54) is 16.3 Å². The summed E-state index contributed by atoms with van der Waals surface area (Å²) in [6.07, 6.45) is 1.92. The summed E-state index contributed by atoms with van der Waals surface area (Å²) in [5.41, 5.74) is 10.7. The molecule has 12 aromatic rings. The number of nitrogens with zero attached hydrogens (tertiary/aromatic N) is 4. The summed E-state index contributed by atoms with van der Waals surface area (Å²) in [7, 11) is 0. The molecule has 0 saturated carbocycles. The van der Waals surface area contributed by atoms with E-state index in [4.69, 9.17) is 28.8 Å². The van der Waals surface area contributed by atoms with Gasteiger partial charge in [0.2, 0.25) is 0 Å². The van der Waals surface area contributed by atoms with Gasteiger partial charge in [0.25, 0.3) is 0 Å². The molecule has 0 aliphatic rings. The summed E-state index contributed by atoms with van der Waals surface area (Å²) in [6, 6.07) is 60.6. The van der Waals surface area contributed by atoms with Crippen molar-refractivity contribution in [3.63, 3.8) is 0 Å². The summed E-state index contributed by atoms with van der Waals surface area (Å²) in [6.45, 7) is 0.